The second-order valence-corrected chi connectivity index (χ2v) is 7.28. The molecule has 0 saturated heterocycles. The van der Waals surface area contributed by atoms with E-state index in [4.69, 9.17) is 41.8 Å². The molecule has 0 radical (unpaired) electrons. The summed E-state index contributed by atoms with van der Waals surface area (Å²) >= 11 is 12.0. The number of ether oxygens (including phenoxy) is 3. The highest BCUT2D eigenvalue weighted by Gasteiger charge is 2.14. The predicted octanol–water partition coefficient (Wildman–Crippen LogP) is 5.52. The molecular formula is C22H20Cl2N2O5. The van der Waals surface area contributed by atoms with Crippen LogP contribution in [0.1, 0.15) is 23.9 Å². The molecule has 0 bridgehead atoms. The first-order chi connectivity index (χ1) is 14.9. The van der Waals surface area contributed by atoms with Crippen molar-refractivity contribution in [2.45, 2.75) is 20.5 Å². The first-order valence-electron chi connectivity index (χ1n) is 9.34. The van der Waals surface area contributed by atoms with Crippen LogP contribution in [0.4, 0.5) is 0 Å². The van der Waals surface area contributed by atoms with Gasteiger partial charge in [0, 0.05) is 21.7 Å². The minimum Gasteiger partial charge on any atom is -0.493 e. The van der Waals surface area contributed by atoms with Gasteiger partial charge in [-0.1, -0.05) is 23.2 Å². The van der Waals surface area contributed by atoms with E-state index in [9.17, 15) is 4.79 Å². The number of aryl methyl sites for hydroxylation is 1. The van der Waals surface area contributed by atoms with Gasteiger partial charge in [0.25, 0.3) is 5.89 Å². The number of carbonyl (C=O) groups is 1. The van der Waals surface area contributed by atoms with Gasteiger partial charge in [0.2, 0.25) is 5.89 Å². The maximum absolute atomic E-state index is 11.5. The van der Waals surface area contributed by atoms with Crippen molar-refractivity contribution in [1.29, 1.82) is 0 Å². The van der Waals surface area contributed by atoms with Crippen molar-refractivity contribution < 1.29 is 23.4 Å². The standard InChI is InChI=1S/C22H20Cl2N2O5/c1-4-29-20(27)6-5-14-7-13(2)21(18(8-14)28-3)30-12-19-25-26-22(31-19)15-9-16(23)11-17(24)10-15/h5-11H,4,12H2,1-3H3/b6-5+. The van der Waals surface area contributed by atoms with Crippen LogP contribution in [0.25, 0.3) is 17.5 Å². The zero-order chi connectivity index (χ0) is 22.4. The van der Waals surface area contributed by atoms with Crippen LogP contribution in [0.15, 0.2) is 40.8 Å². The van der Waals surface area contributed by atoms with Crippen LogP contribution in [0.2, 0.25) is 10.0 Å². The number of hydrogen-bond donors (Lipinski definition) is 0. The smallest absolute Gasteiger partial charge is 0.330 e. The first kappa shape index (κ1) is 22.7. The fourth-order valence-electron chi connectivity index (χ4n) is 2.80. The predicted molar refractivity (Wildman–Crippen MR) is 117 cm³/mol. The van der Waals surface area contributed by atoms with E-state index in [2.05, 4.69) is 10.2 Å². The maximum Gasteiger partial charge on any atom is 0.330 e. The largest absolute Gasteiger partial charge is 0.493 e. The molecule has 3 aromatic rings. The van der Waals surface area contributed by atoms with E-state index in [1.54, 1.807) is 37.3 Å². The van der Waals surface area contributed by atoms with Crippen molar-refractivity contribution in [3.63, 3.8) is 0 Å². The molecule has 0 saturated carbocycles. The lowest BCUT2D eigenvalue weighted by atomic mass is 10.1. The lowest BCUT2D eigenvalue weighted by Gasteiger charge is -2.13. The Morgan fingerprint density at radius 3 is 2.55 bits per heavy atom. The van der Waals surface area contributed by atoms with Gasteiger partial charge < -0.3 is 18.6 Å². The third kappa shape index (κ3) is 5.99. The maximum atomic E-state index is 11.5. The molecule has 3 rings (SSSR count). The van der Waals surface area contributed by atoms with Crippen molar-refractivity contribution in [2.75, 3.05) is 13.7 Å². The summed E-state index contributed by atoms with van der Waals surface area (Å²) in [5.41, 5.74) is 2.19. The van der Waals surface area contributed by atoms with Gasteiger partial charge in [-0.2, -0.15) is 0 Å². The molecule has 0 N–H and O–H groups in total. The molecule has 0 unspecified atom stereocenters. The Morgan fingerprint density at radius 1 is 1.13 bits per heavy atom. The molecule has 0 spiro atoms. The number of aromatic nitrogens is 2. The second kappa shape index (κ2) is 10.3. The molecule has 2 aromatic carbocycles. The Kier molecular flexibility index (Phi) is 7.55. The Morgan fingerprint density at radius 2 is 1.87 bits per heavy atom. The van der Waals surface area contributed by atoms with Crippen molar-refractivity contribution >= 4 is 35.2 Å². The average molecular weight is 463 g/mol. The summed E-state index contributed by atoms with van der Waals surface area (Å²) in [7, 11) is 1.54. The molecule has 9 heteroatoms. The van der Waals surface area contributed by atoms with Gasteiger partial charge in [-0.15, -0.1) is 10.2 Å². The topological polar surface area (TPSA) is 83.7 Å². The molecule has 7 nitrogen and oxygen atoms in total. The summed E-state index contributed by atoms with van der Waals surface area (Å²) in [4.78, 5) is 11.5. The summed E-state index contributed by atoms with van der Waals surface area (Å²) in [5, 5.41) is 8.96. The Labute approximate surface area is 189 Å². The van der Waals surface area contributed by atoms with Gasteiger partial charge >= 0.3 is 5.97 Å². The van der Waals surface area contributed by atoms with Crippen molar-refractivity contribution in [3.8, 4) is 23.0 Å². The van der Waals surface area contributed by atoms with Crippen molar-refractivity contribution in [2.24, 2.45) is 0 Å². The third-order valence-electron chi connectivity index (χ3n) is 4.10. The van der Waals surface area contributed by atoms with Gasteiger partial charge in [-0.3, -0.25) is 0 Å². The lowest BCUT2D eigenvalue weighted by Crippen LogP contribution is -2.01. The fourth-order valence-corrected chi connectivity index (χ4v) is 3.32. The summed E-state index contributed by atoms with van der Waals surface area (Å²) in [6.45, 7) is 3.98. The van der Waals surface area contributed by atoms with E-state index in [-0.39, 0.29) is 18.4 Å². The van der Waals surface area contributed by atoms with Crippen LogP contribution < -0.4 is 9.47 Å². The third-order valence-corrected chi connectivity index (χ3v) is 4.53. The van der Waals surface area contributed by atoms with E-state index in [1.165, 1.54) is 13.2 Å². The van der Waals surface area contributed by atoms with E-state index < -0.39 is 5.97 Å². The summed E-state index contributed by atoms with van der Waals surface area (Å²) in [6, 6.07) is 8.60. The van der Waals surface area contributed by atoms with Crippen LogP contribution in [-0.4, -0.2) is 29.9 Å². The molecular weight excluding hydrogens is 443 g/mol. The number of carbonyl (C=O) groups excluding carboxylic acids is 1. The molecule has 0 amide bonds. The minimum atomic E-state index is -0.410. The average Bonchev–Trinajstić information content (AvgIpc) is 3.19. The van der Waals surface area contributed by atoms with E-state index in [0.717, 1.165) is 11.1 Å². The van der Waals surface area contributed by atoms with Gasteiger partial charge in [0.15, 0.2) is 18.1 Å². The Hall–Kier alpha value is -3.03. The quantitative estimate of drug-likeness (QED) is 0.322. The molecule has 0 fully saturated rings. The summed E-state index contributed by atoms with van der Waals surface area (Å²) in [5.74, 6) is 1.18. The molecule has 162 valence electrons. The highest BCUT2D eigenvalue weighted by Crippen LogP contribution is 2.34. The molecule has 1 heterocycles. The molecule has 31 heavy (non-hydrogen) atoms. The molecule has 0 aliphatic carbocycles. The molecule has 0 aliphatic heterocycles. The summed E-state index contributed by atoms with van der Waals surface area (Å²) in [6.07, 6.45) is 3.01. The number of benzene rings is 2. The minimum absolute atomic E-state index is 0.0382. The van der Waals surface area contributed by atoms with Crippen molar-refractivity contribution in [1.82, 2.24) is 10.2 Å². The van der Waals surface area contributed by atoms with Gasteiger partial charge in [-0.05, 0) is 61.4 Å². The normalized spacial score (nSPS) is 11.0. The number of nitrogens with zero attached hydrogens (tertiary/aromatic N) is 2. The van der Waals surface area contributed by atoms with Crippen LogP contribution in [-0.2, 0) is 16.1 Å². The van der Waals surface area contributed by atoms with E-state index >= 15 is 0 Å². The highest BCUT2D eigenvalue weighted by molar-refractivity contribution is 6.35. The first-order valence-corrected chi connectivity index (χ1v) is 10.1. The summed E-state index contributed by atoms with van der Waals surface area (Å²) < 4.78 is 21.9. The molecule has 0 aliphatic rings. The van der Waals surface area contributed by atoms with Crippen LogP contribution in [0.5, 0.6) is 11.5 Å². The van der Waals surface area contributed by atoms with E-state index in [0.29, 0.717) is 33.7 Å². The number of hydrogen-bond acceptors (Lipinski definition) is 7. The second-order valence-electron chi connectivity index (χ2n) is 6.40. The van der Waals surface area contributed by atoms with Crippen LogP contribution >= 0.6 is 23.2 Å². The molecule has 0 atom stereocenters. The fraction of sp³-hybridized carbons (Fsp3) is 0.227. The number of rotatable bonds is 8. The lowest BCUT2D eigenvalue weighted by molar-refractivity contribution is -0.137. The molecule has 1 aromatic heterocycles. The van der Waals surface area contributed by atoms with Crippen LogP contribution in [0, 0.1) is 6.92 Å². The van der Waals surface area contributed by atoms with Gasteiger partial charge in [0.1, 0.15) is 0 Å². The Bertz CT molecular complexity index is 1090. The van der Waals surface area contributed by atoms with Crippen LogP contribution in [0.3, 0.4) is 0 Å². The van der Waals surface area contributed by atoms with Crippen molar-refractivity contribution in [3.05, 3.63) is 63.5 Å². The van der Waals surface area contributed by atoms with Gasteiger partial charge in [-0.25, -0.2) is 4.79 Å². The number of methoxy groups -OCH3 is 1. The highest BCUT2D eigenvalue weighted by atomic mass is 35.5. The Balaban J connectivity index is 1.74. The number of halogens is 2. The van der Waals surface area contributed by atoms with Gasteiger partial charge in [0.05, 0.1) is 13.7 Å². The van der Waals surface area contributed by atoms with E-state index in [1.807, 2.05) is 13.0 Å². The zero-order valence-electron chi connectivity index (χ0n) is 17.1. The SMILES string of the molecule is CCOC(=O)/C=C/c1cc(C)c(OCc2nnc(-c3cc(Cl)cc(Cl)c3)o2)c(OC)c1. The zero-order valence-corrected chi connectivity index (χ0v) is 18.7. The number of esters is 1. The monoisotopic (exact) mass is 462 g/mol.